The molecule has 338 valence electrons. The predicted molar refractivity (Wildman–Crippen MR) is 258 cm³/mol. The molecule has 0 bridgehead atoms. The van der Waals surface area contributed by atoms with E-state index >= 15 is 0 Å². The Balaban J connectivity index is 0. The summed E-state index contributed by atoms with van der Waals surface area (Å²) >= 11 is 1.63. The highest BCUT2D eigenvalue weighted by atomic mass is 32.2. The van der Waals surface area contributed by atoms with Crippen LogP contribution in [0.2, 0.25) is 0 Å². The van der Waals surface area contributed by atoms with Gasteiger partial charge >= 0.3 is 0 Å². The number of allylic oxidation sites excluding steroid dienone is 3. The smallest absolute Gasteiger partial charge is 0.219 e. The second kappa shape index (κ2) is 35.7. The number of unbranched alkanes of at least 4 members (excludes halogenated alkanes) is 3. The Hall–Kier alpha value is -4.02. The highest BCUT2D eigenvalue weighted by molar-refractivity contribution is 8.03. The van der Waals surface area contributed by atoms with Crippen LogP contribution in [-0.4, -0.2) is 84.5 Å². The number of carbonyl (C=O) groups is 4. The van der Waals surface area contributed by atoms with Gasteiger partial charge in [-0.25, -0.2) is 0 Å². The molecule has 10 heteroatoms. The van der Waals surface area contributed by atoms with Crippen molar-refractivity contribution in [2.45, 2.75) is 145 Å². The van der Waals surface area contributed by atoms with Crippen LogP contribution >= 0.6 is 11.8 Å². The fourth-order valence-corrected chi connectivity index (χ4v) is 6.34. The van der Waals surface area contributed by atoms with Crippen LogP contribution in [0.1, 0.15) is 133 Å². The van der Waals surface area contributed by atoms with Crippen molar-refractivity contribution >= 4 is 35.1 Å². The Kier molecular flexibility index (Phi) is 34.6. The first kappa shape index (κ1) is 58.1. The summed E-state index contributed by atoms with van der Waals surface area (Å²) in [7, 11) is 3.85. The SMILES string of the molecule is C/C=C(\C)N(C)CCN(C)C(C)=O.C=CC(=C)Sc1ccc(-c2ccc(CC)nc2)cc1.CC.CC(=O)CCCCCNC(=O)CCCCC1NCC(C)C1C.CC(C)=O. The molecule has 3 unspecified atom stereocenters. The molecule has 1 aromatic heterocycles. The lowest BCUT2D eigenvalue weighted by Gasteiger charge is -2.23. The molecule has 0 aliphatic carbocycles. The van der Waals surface area contributed by atoms with E-state index in [0.717, 1.165) is 92.7 Å². The molecular formula is C50H83N5O4S. The molecule has 2 N–H and O–H groups in total. The number of likely N-dealkylation sites (N-methyl/N-ethyl adjacent to an activating group) is 2. The Labute approximate surface area is 370 Å². The highest BCUT2D eigenvalue weighted by Gasteiger charge is 2.28. The van der Waals surface area contributed by atoms with Crippen LogP contribution in [0.4, 0.5) is 0 Å². The van der Waals surface area contributed by atoms with E-state index in [0.29, 0.717) is 18.9 Å². The second-order valence-corrected chi connectivity index (χ2v) is 16.5. The molecule has 3 rings (SSSR count). The summed E-state index contributed by atoms with van der Waals surface area (Å²) in [4.78, 5) is 53.3. The monoisotopic (exact) mass is 850 g/mol. The zero-order valence-corrected chi connectivity index (χ0v) is 40.7. The van der Waals surface area contributed by atoms with E-state index in [-0.39, 0.29) is 23.4 Å². The first-order valence-electron chi connectivity index (χ1n) is 22.0. The summed E-state index contributed by atoms with van der Waals surface area (Å²) in [5.41, 5.74) is 4.69. The number of ketones is 2. The van der Waals surface area contributed by atoms with Crippen LogP contribution < -0.4 is 10.6 Å². The quantitative estimate of drug-likeness (QED) is 0.0770. The second-order valence-electron chi connectivity index (χ2n) is 15.3. The Morgan fingerprint density at radius 1 is 0.867 bits per heavy atom. The lowest BCUT2D eigenvalue weighted by Crippen LogP contribution is -2.32. The first-order chi connectivity index (χ1) is 28.4. The minimum absolute atomic E-state index is 0.117. The van der Waals surface area contributed by atoms with Crippen LogP contribution in [0.3, 0.4) is 0 Å². The highest BCUT2D eigenvalue weighted by Crippen LogP contribution is 2.28. The number of pyridine rings is 1. The van der Waals surface area contributed by atoms with Gasteiger partial charge in [0.25, 0.3) is 0 Å². The molecule has 3 atom stereocenters. The number of amides is 2. The third-order valence-electron chi connectivity index (χ3n) is 10.1. The van der Waals surface area contributed by atoms with Gasteiger partial charge in [-0.1, -0.05) is 103 Å². The third kappa shape index (κ3) is 29.2. The largest absolute Gasteiger partial charge is 0.377 e. The molecule has 2 heterocycles. The van der Waals surface area contributed by atoms with Crippen molar-refractivity contribution < 1.29 is 19.2 Å². The van der Waals surface area contributed by atoms with E-state index in [4.69, 9.17) is 0 Å². The fraction of sp³-hybridized carbons (Fsp3) is 0.580. The number of nitrogens with one attached hydrogen (secondary N) is 2. The number of rotatable bonds is 20. The minimum Gasteiger partial charge on any atom is -0.377 e. The predicted octanol–water partition coefficient (Wildman–Crippen LogP) is 11.1. The van der Waals surface area contributed by atoms with Crippen molar-refractivity contribution in [3.8, 4) is 11.1 Å². The van der Waals surface area contributed by atoms with Gasteiger partial charge in [0.05, 0.1) is 0 Å². The van der Waals surface area contributed by atoms with Crippen molar-refractivity contribution in [1.29, 1.82) is 0 Å². The van der Waals surface area contributed by atoms with E-state index in [1.807, 2.05) is 41.1 Å². The molecular weight excluding hydrogens is 767 g/mol. The number of aryl methyl sites for hydroxylation is 1. The van der Waals surface area contributed by atoms with Crippen molar-refractivity contribution in [3.05, 3.63) is 84.2 Å². The molecule has 1 aliphatic rings. The summed E-state index contributed by atoms with van der Waals surface area (Å²) < 4.78 is 0. The number of benzene rings is 1. The molecule has 0 spiro atoms. The van der Waals surface area contributed by atoms with Gasteiger partial charge in [-0.05, 0) is 109 Å². The lowest BCUT2D eigenvalue weighted by molar-refractivity contribution is -0.127. The number of Topliss-reactive ketones (excluding diaryl/α,β-unsaturated/α-hetero) is 2. The maximum absolute atomic E-state index is 11.7. The Morgan fingerprint density at radius 2 is 1.45 bits per heavy atom. The Morgan fingerprint density at radius 3 is 1.93 bits per heavy atom. The van der Waals surface area contributed by atoms with E-state index in [1.54, 1.807) is 36.6 Å². The van der Waals surface area contributed by atoms with Gasteiger partial charge in [0.15, 0.2) is 0 Å². The maximum Gasteiger partial charge on any atom is 0.219 e. The van der Waals surface area contributed by atoms with Crippen molar-refractivity contribution in [3.63, 3.8) is 0 Å². The van der Waals surface area contributed by atoms with Crippen LogP contribution in [-0.2, 0) is 25.6 Å². The summed E-state index contributed by atoms with van der Waals surface area (Å²) in [5.74, 6) is 2.24. The maximum atomic E-state index is 11.7. The number of thioether (sulfide) groups is 1. The zero-order valence-electron chi connectivity index (χ0n) is 39.9. The molecule has 0 saturated carbocycles. The summed E-state index contributed by atoms with van der Waals surface area (Å²) in [6.07, 6.45) is 14.3. The average Bonchev–Trinajstić information content (AvgIpc) is 3.55. The first-order valence-corrected chi connectivity index (χ1v) is 22.8. The van der Waals surface area contributed by atoms with Crippen molar-refractivity contribution in [1.82, 2.24) is 25.4 Å². The average molecular weight is 850 g/mol. The lowest BCUT2D eigenvalue weighted by atomic mass is 9.91. The third-order valence-corrected chi connectivity index (χ3v) is 11.0. The molecule has 9 nitrogen and oxygen atoms in total. The van der Waals surface area contributed by atoms with E-state index in [9.17, 15) is 19.2 Å². The van der Waals surface area contributed by atoms with E-state index < -0.39 is 0 Å². The molecule has 0 radical (unpaired) electrons. The van der Waals surface area contributed by atoms with Crippen LogP contribution in [0.25, 0.3) is 11.1 Å². The summed E-state index contributed by atoms with van der Waals surface area (Å²) in [5, 5.41) is 6.56. The molecule has 1 aliphatic heterocycles. The molecule has 1 aromatic carbocycles. The fourth-order valence-electron chi connectivity index (χ4n) is 5.68. The normalized spacial score (nSPS) is 15.2. The molecule has 60 heavy (non-hydrogen) atoms. The van der Waals surface area contributed by atoms with Gasteiger partial charge in [0.1, 0.15) is 11.6 Å². The summed E-state index contributed by atoms with van der Waals surface area (Å²) in [6, 6.07) is 13.3. The molecule has 1 fully saturated rings. The van der Waals surface area contributed by atoms with Crippen LogP contribution in [0.5, 0.6) is 0 Å². The van der Waals surface area contributed by atoms with E-state index in [2.05, 4.69) is 104 Å². The van der Waals surface area contributed by atoms with Crippen molar-refractivity contribution in [2.75, 3.05) is 40.3 Å². The van der Waals surface area contributed by atoms with Crippen molar-refractivity contribution in [2.24, 2.45) is 11.8 Å². The number of hydrogen-bond donors (Lipinski definition) is 2. The number of carbonyl (C=O) groups excluding carboxylic acids is 4. The molecule has 2 aromatic rings. The van der Waals surface area contributed by atoms with Gasteiger partial charge in [-0.2, -0.15) is 0 Å². The summed E-state index contributed by atoms with van der Waals surface area (Å²) in [6.45, 7) is 32.2. The topological polar surface area (TPSA) is 112 Å². The standard InChI is InChI=1S/C18H34N2O2.C17H17NS.C10H20N2O.C3H6O.C2H6/c1-14-13-20-17(16(14)3)10-6-7-11-18(22)19-12-8-4-5-9-15(2)21;1-4-13(3)19-17-10-7-14(8-11-17)15-6-9-16(5-2)18-12-15;1-6-9(2)11(4)7-8-12(5)10(3)13;1-3(2)4;1-2/h14,16-17,20H,4-13H2,1-3H3,(H,19,22);4,6-12H,1,3,5H2,2H3;6H,7-8H2,1-5H3;1-2H3;1-2H3/b;;9-6+;;. The van der Waals surface area contributed by atoms with Crippen LogP contribution in [0, 0.1) is 11.8 Å². The minimum atomic E-state index is 0.117. The molecule has 2 amide bonds. The molecule has 1 saturated heterocycles. The number of hydrogen-bond acceptors (Lipinski definition) is 8. The van der Waals surface area contributed by atoms with Gasteiger partial charge in [0.2, 0.25) is 11.8 Å². The Bertz CT molecular complexity index is 1540. The van der Waals surface area contributed by atoms with Gasteiger partial charge in [0, 0.05) is 92.5 Å². The number of nitrogens with zero attached hydrogens (tertiary/aromatic N) is 3. The van der Waals surface area contributed by atoms with E-state index in [1.165, 1.54) is 36.4 Å². The van der Waals surface area contributed by atoms with Gasteiger partial charge in [-0.3, -0.25) is 14.6 Å². The van der Waals surface area contributed by atoms with Gasteiger partial charge < -0.3 is 30.0 Å². The van der Waals surface area contributed by atoms with Crippen LogP contribution in [0.15, 0.2) is 83.4 Å². The van der Waals surface area contributed by atoms with Gasteiger partial charge in [-0.15, -0.1) is 0 Å². The number of aromatic nitrogens is 1. The zero-order chi connectivity index (χ0) is 46.0.